The second-order valence-electron chi connectivity index (χ2n) is 12.7. The zero-order valence-corrected chi connectivity index (χ0v) is 28.7. The Balaban J connectivity index is 1.35. The van der Waals surface area contributed by atoms with Crippen LogP contribution in [0.5, 0.6) is 0 Å². The van der Waals surface area contributed by atoms with E-state index < -0.39 is 0 Å². The van der Waals surface area contributed by atoms with Gasteiger partial charge in [0.25, 0.3) is 0 Å². The zero-order chi connectivity index (χ0) is 35.4. The van der Waals surface area contributed by atoms with Gasteiger partial charge in [-0.25, -0.2) is 4.85 Å². The number of hydrogen-bond acceptors (Lipinski definition) is 2. The average Bonchev–Trinajstić information content (AvgIpc) is 3.55. The molecule has 0 N–H and O–H groups in total. The maximum Gasteiger partial charge on any atom is 0.229 e. The highest BCUT2D eigenvalue weighted by Gasteiger charge is 2.23. The fourth-order valence-electron chi connectivity index (χ4n) is 7.27. The maximum atomic E-state index is 9.87. The zero-order valence-electron chi connectivity index (χ0n) is 28.7. The van der Waals surface area contributed by atoms with Crippen LogP contribution in [0.1, 0.15) is 13.3 Å². The van der Waals surface area contributed by atoms with Crippen molar-refractivity contribution in [3.05, 3.63) is 199 Å². The Morgan fingerprint density at radius 3 is 1.71 bits per heavy atom. The van der Waals surface area contributed by atoms with Crippen LogP contribution in [-0.2, 0) is 0 Å². The van der Waals surface area contributed by atoms with Crippen molar-refractivity contribution in [2.24, 2.45) is 0 Å². The smallest absolute Gasteiger partial charge is 0.229 e. The highest BCUT2D eigenvalue weighted by atomic mass is 15.2. The summed E-state index contributed by atoms with van der Waals surface area (Å²) in [6, 6.07) is 61.0. The van der Waals surface area contributed by atoms with Gasteiger partial charge in [0.2, 0.25) is 5.70 Å². The highest BCUT2D eigenvalue weighted by molar-refractivity contribution is 6.22. The minimum Gasteiger partial charge on any atom is -0.324 e. The lowest BCUT2D eigenvalue weighted by Crippen LogP contribution is -2.17. The Kier molecular flexibility index (Phi) is 8.64. The van der Waals surface area contributed by atoms with Crippen LogP contribution in [0.4, 0.5) is 11.4 Å². The molecule has 7 aromatic carbocycles. The second kappa shape index (κ2) is 14.0. The molecule has 0 bridgehead atoms. The van der Waals surface area contributed by atoms with E-state index in [1.54, 1.807) is 0 Å². The van der Waals surface area contributed by atoms with Gasteiger partial charge >= 0.3 is 0 Å². The van der Waals surface area contributed by atoms with Crippen molar-refractivity contribution in [1.29, 1.82) is 5.26 Å². The van der Waals surface area contributed by atoms with Gasteiger partial charge in [0.1, 0.15) is 0 Å². The van der Waals surface area contributed by atoms with Gasteiger partial charge in [-0.1, -0.05) is 140 Å². The molecule has 0 fully saturated rings. The monoisotopic (exact) mass is 666 g/mol. The van der Waals surface area contributed by atoms with Crippen LogP contribution in [0, 0.1) is 17.9 Å². The van der Waals surface area contributed by atoms with Gasteiger partial charge in [0.05, 0.1) is 35.8 Å². The molecule has 0 spiro atoms. The predicted octanol–water partition coefficient (Wildman–Crippen LogP) is 13.0. The Labute approximate surface area is 303 Å². The first-order valence-electron chi connectivity index (χ1n) is 17.3. The van der Waals surface area contributed by atoms with E-state index in [9.17, 15) is 5.26 Å². The summed E-state index contributed by atoms with van der Waals surface area (Å²) in [5, 5.41) is 14.4. The second-order valence-corrected chi connectivity index (χ2v) is 12.7. The first-order chi connectivity index (χ1) is 25.7. The van der Waals surface area contributed by atoms with Crippen molar-refractivity contribution < 1.29 is 0 Å². The fraction of sp³-hybridized carbons (Fsp3) is 0.0417. The Morgan fingerprint density at radius 1 is 0.615 bits per heavy atom. The van der Waals surface area contributed by atoms with Crippen LogP contribution in [0.25, 0.3) is 65.4 Å². The molecule has 0 aliphatic carbocycles. The van der Waals surface area contributed by atoms with Gasteiger partial charge < -0.3 is 9.47 Å². The third-order valence-corrected chi connectivity index (χ3v) is 9.69. The summed E-state index contributed by atoms with van der Waals surface area (Å²) in [4.78, 5) is 6.42. The molecule has 4 nitrogen and oxygen atoms in total. The fourth-order valence-corrected chi connectivity index (χ4v) is 7.27. The average molecular weight is 667 g/mol. The molecule has 4 heteroatoms. The number of fused-ring (bicyclic) bond motifs is 5. The van der Waals surface area contributed by atoms with Crippen LogP contribution >= 0.6 is 0 Å². The molecule has 8 aromatic rings. The molecular weight excluding hydrogens is 633 g/mol. The largest absolute Gasteiger partial charge is 0.324 e. The molecule has 0 saturated carbocycles. The van der Waals surface area contributed by atoms with Crippen molar-refractivity contribution in [3.63, 3.8) is 0 Å². The molecule has 0 aliphatic heterocycles. The summed E-state index contributed by atoms with van der Waals surface area (Å²) in [5.74, 6) is 0. The highest BCUT2D eigenvalue weighted by Crippen LogP contribution is 2.41. The van der Waals surface area contributed by atoms with Gasteiger partial charge in [0.15, 0.2) is 0 Å². The van der Waals surface area contributed by atoms with Gasteiger partial charge in [-0.3, -0.25) is 0 Å². The third-order valence-electron chi connectivity index (χ3n) is 9.69. The molecule has 0 atom stereocenters. The van der Waals surface area contributed by atoms with E-state index in [-0.39, 0.29) is 6.42 Å². The molecule has 0 amide bonds. The first kappa shape index (κ1) is 32.1. The lowest BCUT2D eigenvalue weighted by atomic mass is 10.0. The third kappa shape index (κ3) is 5.79. The van der Waals surface area contributed by atoms with Crippen LogP contribution in [0.3, 0.4) is 0 Å². The summed E-state index contributed by atoms with van der Waals surface area (Å²) in [6.45, 7) is 10.7. The van der Waals surface area contributed by atoms with Gasteiger partial charge in [0, 0.05) is 27.8 Å². The number of hydrogen-bond donors (Lipinski definition) is 0. The van der Waals surface area contributed by atoms with Crippen molar-refractivity contribution in [3.8, 4) is 28.3 Å². The maximum absolute atomic E-state index is 9.87. The van der Waals surface area contributed by atoms with E-state index >= 15 is 0 Å². The summed E-state index contributed by atoms with van der Waals surface area (Å²) in [7, 11) is 0. The molecule has 52 heavy (non-hydrogen) atoms. The molecule has 0 unspecified atom stereocenters. The van der Waals surface area contributed by atoms with Gasteiger partial charge in [-0.05, 0) is 76.3 Å². The number of nitriles is 1. The predicted molar refractivity (Wildman–Crippen MR) is 217 cm³/mol. The Bertz CT molecular complexity index is 2620. The first-order valence-corrected chi connectivity index (χ1v) is 17.3. The van der Waals surface area contributed by atoms with Crippen molar-refractivity contribution >= 4 is 49.7 Å². The van der Waals surface area contributed by atoms with E-state index in [0.29, 0.717) is 11.4 Å². The number of aromatic nitrogens is 1. The molecule has 1 heterocycles. The number of benzene rings is 7. The summed E-state index contributed by atoms with van der Waals surface area (Å²) < 4.78 is 2.17. The Morgan fingerprint density at radius 2 is 1.13 bits per heavy atom. The van der Waals surface area contributed by atoms with Crippen LogP contribution in [0.15, 0.2) is 187 Å². The summed E-state index contributed by atoms with van der Waals surface area (Å²) >= 11 is 0. The van der Waals surface area contributed by atoms with Crippen molar-refractivity contribution in [1.82, 2.24) is 4.57 Å². The van der Waals surface area contributed by atoms with E-state index in [0.717, 1.165) is 71.9 Å². The summed E-state index contributed by atoms with van der Waals surface area (Å²) in [6.07, 6.45) is 2.05. The quantitative estimate of drug-likeness (QED) is 0.120. The molecule has 0 saturated heterocycles. The lowest BCUT2D eigenvalue weighted by Gasteiger charge is -2.28. The van der Waals surface area contributed by atoms with Crippen LogP contribution in [-0.4, -0.2) is 4.57 Å². The number of para-hydroxylation sites is 1. The molecule has 8 rings (SSSR count). The number of anilines is 2. The molecule has 1 aromatic heterocycles. The molecule has 0 aliphatic rings. The number of nitrogens with zero attached hydrogens (tertiary/aromatic N) is 4. The number of rotatable bonds is 8. The van der Waals surface area contributed by atoms with E-state index in [2.05, 4.69) is 148 Å². The van der Waals surface area contributed by atoms with Crippen molar-refractivity contribution in [2.45, 2.75) is 13.3 Å². The van der Waals surface area contributed by atoms with Crippen LogP contribution < -0.4 is 4.90 Å². The van der Waals surface area contributed by atoms with Crippen molar-refractivity contribution in [2.75, 3.05) is 4.90 Å². The van der Waals surface area contributed by atoms with Crippen LogP contribution in [0.2, 0.25) is 0 Å². The van der Waals surface area contributed by atoms with E-state index in [1.807, 2.05) is 55.5 Å². The van der Waals surface area contributed by atoms with E-state index in [1.165, 1.54) is 0 Å². The minimum atomic E-state index is 0.154. The van der Waals surface area contributed by atoms with Gasteiger partial charge in [-0.15, -0.1) is 0 Å². The normalized spacial score (nSPS) is 12.0. The van der Waals surface area contributed by atoms with E-state index in [4.69, 9.17) is 6.57 Å². The topological polar surface area (TPSA) is 36.3 Å². The van der Waals surface area contributed by atoms with Gasteiger partial charge in [-0.2, -0.15) is 5.26 Å². The standard InChI is InChI=1S/C48H34N4/c1-34(48(50-2)46(22-13-33-49)52-44-21-12-11-20-43(44)47-42-19-10-9-18-39(42)27-32-45(47)52)51(40-28-23-37(24-29-40)35-14-5-3-6-15-35)41-30-25-38(26-31-41)36-16-7-4-8-17-36/h3-12,14-32H,13H2,1H3/b46-22+,48-34-. The molecule has 246 valence electrons. The lowest BCUT2D eigenvalue weighted by molar-refractivity contribution is 1.11. The molecule has 0 radical (unpaired) electrons. The SMILES string of the molecule is [C-]#[N+]C(=C(/C)N(c1ccc(-c2ccccc2)cc1)c1ccc(-c2ccccc2)cc1)/C(=C\CC#N)n1c2ccccc2c2c3ccccc3ccc21. The minimum absolute atomic E-state index is 0.154. The molecular formula is C48H34N4. The summed E-state index contributed by atoms with van der Waals surface area (Å²) in [5.41, 5.74) is 10.2. The number of allylic oxidation sites excluding steroid dienone is 3. The Hall–Kier alpha value is -7.14.